The second-order valence-corrected chi connectivity index (χ2v) is 16.2. The van der Waals surface area contributed by atoms with Crippen LogP contribution >= 0.6 is 0 Å². The standard InChI is InChI=1S/C58H43N/c1-57(2)53-26-16-15-25-49(53)50-35-32-47(38-54(50)57)59(46-30-27-42(28-31-46)40-17-7-3-8-18-40)48-33-36-52-51-34-29-43(41-19-9-4-10-20-41)37-55(51)58(56(52)39-48,44-21-11-5-12-22-44)45-23-13-6-14-24-45/h3-39H,1-2H3/i27D,28D,30D,31D. The third-order valence-electron chi connectivity index (χ3n) is 12.6. The topological polar surface area (TPSA) is 3.24 Å². The van der Waals surface area contributed by atoms with Crippen LogP contribution in [0, 0.1) is 0 Å². The SMILES string of the molecule is [2H]c1c([2H])c(N(c2ccc3c(c2)C(C)(C)c2ccccc2-3)c2ccc3c(c2)C(c2ccccc2)(c2ccccc2)c2cc(-c4ccccc4)ccc2-3)c([2H])c([2H])c1-c1ccccc1. The molecule has 0 saturated carbocycles. The minimum absolute atomic E-state index is 0.0824. The van der Waals surface area contributed by atoms with E-state index in [1.807, 2.05) is 41.3 Å². The lowest BCUT2D eigenvalue weighted by molar-refractivity contribution is 0.660. The van der Waals surface area contributed by atoms with Gasteiger partial charge in [0.1, 0.15) is 0 Å². The van der Waals surface area contributed by atoms with E-state index in [0.717, 1.165) is 61.4 Å². The monoisotopic (exact) mass is 757 g/mol. The lowest BCUT2D eigenvalue weighted by atomic mass is 9.67. The van der Waals surface area contributed by atoms with Crippen LogP contribution in [0.25, 0.3) is 44.5 Å². The van der Waals surface area contributed by atoms with E-state index in [1.54, 1.807) is 0 Å². The molecular formula is C58H43N. The number of hydrogen-bond acceptors (Lipinski definition) is 1. The first-order valence-corrected chi connectivity index (χ1v) is 20.4. The third-order valence-corrected chi connectivity index (χ3v) is 12.6. The molecule has 1 heteroatoms. The Morgan fingerprint density at radius 2 is 0.780 bits per heavy atom. The van der Waals surface area contributed by atoms with Crippen molar-refractivity contribution in [1.29, 1.82) is 0 Å². The van der Waals surface area contributed by atoms with Gasteiger partial charge in [-0.25, -0.2) is 0 Å². The van der Waals surface area contributed by atoms with Crippen molar-refractivity contribution in [1.82, 2.24) is 0 Å². The van der Waals surface area contributed by atoms with Crippen molar-refractivity contribution in [3.8, 4) is 44.5 Å². The maximum Gasteiger partial charge on any atom is 0.0714 e. The largest absolute Gasteiger partial charge is 0.310 e. The fraction of sp³-hybridized carbons (Fsp3) is 0.0690. The van der Waals surface area contributed by atoms with Gasteiger partial charge in [-0.3, -0.25) is 0 Å². The molecule has 0 amide bonds. The summed E-state index contributed by atoms with van der Waals surface area (Å²) in [5, 5.41) is 0. The van der Waals surface area contributed by atoms with E-state index in [1.165, 1.54) is 16.7 Å². The zero-order valence-corrected chi connectivity index (χ0v) is 33.0. The van der Waals surface area contributed by atoms with Crippen molar-refractivity contribution >= 4 is 17.1 Å². The molecule has 11 rings (SSSR count). The molecule has 0 N–H and O–H groups in total. The zero-order valence-electron chi connectivity index (χ0n) is 37.0. The molecule has 0 saturated heterocycles. The maximum absolute atomic E-state index is 9.77. The van der Waals surface area contributed by atoms with Crippen LogP contribution in [0.1, 0.15) is 52.7 Å². The van der Waals surface area contributed by atoms with Crippen LogP contribution in [0.5, 0.6) is 0 Å². The molecule has 0 spiro atoms. The average molecular weight is 758 g/mol. The number of rotatable bonds is 7. The molecule has 0 heterocycles. The lowest BCUT2D eigenvalue weighted by Crippen LogP contribution is -2.28. The third kappa shape index (κ3) is 5.46. The fourth-order valence-electron chi connectivity index (χ4n) is 9.83. The van der Waals surface area contributed by atoms with Crippen LogP contribution in [0.4, 0.5) is 17.1 Å². The number of anilines is 3. The normalized spacial score (nSPS) is 14.8. The molecule has 9 aromatic carbocycles. The predicted octanol–water partition coefficient (Wildman–Crippen LogP) is 15.2. The van der Waals surface area contributed by atoms with E-state index >= 15 is 0 Å². The molecule has 0 radical (unpaired) electrons. The van der Waals surface area contributed by atoms with Crippen molar-refractivity contribution in [3.63, 3.8) is 0 Å². The highest BCUT2D eigenvalue weighted by Crippen LogP contribution is 2.58. The summed E-state index contributed by atoms with van der Waals surface area (Å²) in [7, 11) is 0. The molecule has 280 valence electrons. The highest BCUT2D eigenvalue weighted by atomic mass is 15.1. The van der Waals surface area contributed by atoms with E-state index in [0.29, 0.717) is 5.56 Å². The molecule has 59 heavy (non-hydrogen) atoms. The van der Waals surface area contributed by atoms with Gasteiger partial charge in [-0.1, -0.05) is 196 Å². The van der Waals surface area contributed by atoms with Gasteiger partial charge in [0.2, 0.25) is 0 Å². The van der Waals surface area contributed by atoms with Crippen molar-refractivity contribution in [2.75, 3.05) is 4.90 Å². The molecule has 0 unspecified atom stereocenters. The number of fused-ring (bicyclic) bond motifs is 6. The fourth-order valence-corrected chi connectivity index (χ4v) is 9.83. The summed E-state index contributed by atoms with van der Waals surface area (Å²) >= 11 is 0. The first kappa shape index (κ1) is 30.9. The summed E-state index contributed by atoms with van der Waals surface area (Å²) in [4.78, 5) is 1.97. The van der Waals surface area contributed by atoms with Gasteiger partial charge >= 0.3 is 0 Å². The van der Waals surface area contributed by atoms with Crippen molar-refractivity contribution in [3.05, 3.63) is 258 Å². The minimum Gasteiger partial charge on any atom is -0.310 e. The number of hydrogen-bond donors (Lipinski definition) is 0. The van der Waals surface area contributed by atoms with E-state index < -0.39 is 5.41 Å². The van der Waals surface area contributed by atoms with Gasteiger partial charge in [0.15, 0.2) is 0 Å². The average Bonchev–Trinajstić information content (AvgIpc) is 3.75. The van der Waals surface area contributed by atoms with E-state index in [-0.39, 0.29) is 40.8 Å². The van der Waals surface area contributed by atoms with Crippen LogP contribution < -0.4 is 4.90 Å². The Labute approximate surface area is 353 Å². The summed E-state index contributed by atoms with van der Waals surface area (Å²) in [6.45, 7) is 4.50. The molecule has 2 aliphatic carbocycles. The summed E-state index contributed by atoms with van der Waals surface area (Å²) in [5.41, 5.74) is 15.3. The van der Waals surface area contributed by atoms with Crippen LogP contribution in [-0.2, 0) is 10.8 Å². The van der Waals surface area contributed by atoms with Gasteiger partial charge in [-0.15, -0.1) is 0 Å². The number of nitrogens with zero attached hydrogens (tertiary/aromatic N) is 1. The Balaban J connectivity index is 1.21. The molecule has 9 aromatic rings. The Morgan fingerprint density at radius 3 is 1.37 bits per heavy atom. The maximum atomic E-state index is 9.77. The lowest BCUT2D eigenvalue weighted by Gasteiger charge is -2.35. The Kier molecular flexibility index (Phi) is 7.17. The molecule has 0 atom stereocenters. The van der Waals surface area contributed by atoms with E-state index in [4.69, 9.17) is 0 Å². The van der Waals surface area contributed by atoms with Gasteiger partial charge < -0.3 is 4.90 Å². The van der Waals surface area contributed by atoms with Crippen LogP contribution in [-0.4, -0.2) is 0 Å². The predicted molar refractivity (Wildman–Crippen MR) is 247 cm³/mol. The van der Waals surface area contributed by atoms with Crippen molar-refractivity contribution in [2.24, 2.45) is 0 Å². The van der Waals surface area contributed by atoms with Gasteiger partial charge in [0.25, 0.3) is 0 Å². The van der Waals surface area contributed by atoms with Gasteiger partial charge in [-0.2, -0.15) is 0 Å². The van der Waals surface area contributed by atoms with Gasteiger partial charge in [0, 0.05) is 22.5 Å². The molecule has 1 nitrogen and oxygen atoms in total. The molecule has 0 aromatic heterocycles. The van der Waals surface area contributed by atoms with Crippen LogP contribution in [0.2, 0.25) is 0 Å². The Hall–Kier alpha value is -7.22. The van der Waals surface area contributed by atoms with Gasteiger partial charge in [-0.05, 0) is 120 Å². The summed E-state index contributed by atoms with van der Waals surface area (Å²) in [6, 6.07) is 69.2. The number of benzene rings is 9. The highest BCUT2D eigenvalue weighted by Gasteiger charge is 2.47. The van der Waals surface area contributed by atoms with Crippen LogP contribution in [0.15, 0.2) is 224 Å². The quantitative estimate of drug-likeness (QED) is 0.156. The smallest absolute Gasteiger partial charge is 0.0714 e. The molecule has 0 aliphatic heterocycles. The Morgan fingerprint density at radius 1 is 0.339 bits per heavy atom. The summed E-state index contributed by atoms with van der Waals surface area (Å²) in [6.07, 6.45) is 0. The Bertz CT molecular complexity index is 3170. The molecular weight excluding hydrogens is 711 g/mol. The van der Waals surface area contributed by atoms with Gasteiger partial charge in [0.05, 0.1) is 10.9 Å². The molecule has 2 aliphatic rings. The van der Waals surface area contributed by atoms with E-state index in [9.17, 15) is 5.48 Å². The minimum atomic E-state index is -0.743. The molecule has 0 fully saturated rings. The van der Waals surface area contributed by atoms with E-state index in [2.05, 4.69) is 178 Å². The first-order chi connectivity index (χ1) is 30.7. The highest BCUT2D eigenvalue weighted by molar-refractivity contribution is 5.92. The van der Waals surface area contributed by atoms with Crippen molar-refractivity contribution in [2.45, 2.75) is 24.7 Å². The first-order valence-electron chi connectivity index (χ1n) is 22.4. The summed E-state index contributed by atoms with van der Waals surface area (Å²) < 4.78 is 38.5. The second kappa shape index (κ2) is 13.7. The molecule has 0 bridgehead atoms. The second-order valence-electron chi connectivity index (χ2n) is 16.2. The van der Waals surface area contributed by atoms with Crippen molar-refractivity contribution < 1.29 is 5.48 Å². The summed E-state index contributed by atoms with van der Waals surface area (Å²) in [5.74, 6) is 0. The van der Waals surface area contributed by atoms with Crippen LogP contribution in [0.3, 0.4) is 0 Å². The zero-order chi connectivity index (χ0) is 43.0.